The molecule has 4 heteroatoms. The van der Waals surface area contributed by atoms with E-state index in [0.29, 0.717) is 11.6 Å². The van der Waals surface area contributed by atoms with E-state index in [2.05, 4.69) is 40.3 Å². The van der Waals surface area contributed by atoms with Gasteiger partial charge in [0.2, 0.25) is 0 Å². The van der Waals surface area contributed by atoms with Gasteiger partial charge in [0.05, 0.1) is 10.6 Å². The Bertz CT molecular complexity index is 574. The van der Waals surface area contributed by atoms with Gasteiger partial charge in [-0.3, -0.25) is 0 Å². The molecule has 20 heavy (non-hydrogen) atoms. The maximum absolute atomic E-state index is 6.13. The van der Waals surface area contributed by atoms with Gasteiger partial charge in [-0.1, -0.05) is 41.9 Å². The molecule has 0 spiro atoms. The molecule has 0 bridgehead atoms. The first kappa shape index (κ1) is 15.4. The molecule has 0 saturated carbocycles. The lowest BCUT2D eigenvalue weighted by Crippen LogP contribution is -2.44. The molecule has 0 radical (unpaired) electrons. The maximum atomic E-state index is 6.13. The molecule has 2 aromatic rings. The van der Waals surface area contributed by atoms with E-state index in [1.165, 1.54) is 5.56 Å². The Morgan fingerprint density at radius 3 is 2.50 bits per heavy atom. The van der Waals surface area contributed by atoms with Crippen molar-refractivity contribution < 1.29 is 0 Å². The number of rotatable bonds is 5. The van der Waals surface area contributed by atoms with Crippen LogP contribution in [0.15, 0.2) is 53.0 Å². The zero-order valence-corrected chi connectivity index (χ0v) is 13.7. The summed E-state index contributed by atoms with van der Waals surface area (Å²) in [7, 11) is 0. The van der Waals surface area contributed by atoms with E-state index in [0.717, 1.165) is 16.6 Å². The largest absolute Gasteiger partial charge is 0.378 e. The Kier molecular flexibility index (Phi) is 5.08. The quantitative estimate of drug-likeness (QED) is 0.832. The molecule has 0 aliphatic carbocycles. The molecule has 2 nitrogen and oxygen atoms in total. The van der Waals surface area contributed by atoms with Crippen LogP contribution < -0.4 is 11.1 Å². The topological polar surface area (TPSA) is 38.0 Å². The fraction of sp³-hybridized carbons (Fsp3) is 0.250. The van der Waals surface area contributed by atoms with E-state index >= 15 is 0 Å². The zero-order chi connectivity index (χ0) is 14.6. The third-order valence-corrected chi connectivity index (χ3v) is 4.49. The predicted octanol–water partition coefficient (Wildman–Crippen LogP) is 4.47. The summed E-state index contributed by atoms with van der Waals surface area (Å²) in [6.45, 7) is 2.66. The molecular weight excluding hydrogens is 336 g/mol. The Morgan fingerprint density at radius 1 is 1.20 bits per heavy atom. The summed E-state index contributed by atoms with van der Waals surface area (Å²) >= 11 is 9.52. The van der Waals surface area contributed by atoms with Crippen molar-refractivity contribution in [3.8, 4) is 0 Å². The lowest BCUT2D eigenvalue weighted by molar-refractivity contribution is 0.521. The van der Waals surface area contributed by atoms with E-state index in [9.17, 15) is 0 Å². The van der Waals surface area contributed by atoms with Crippen molar-refractivity contribution >= 4 is 33.2 Å². The van der Waals surface area contributed by atoms with Crippen molar-refractivity contribution in [2.75, 3.05) is 11.9 Å². The fourth-order valence-electron chi connectivity index (χ4n) is 2.14. The Morgan fingerprint density at radius 2 is 1.90 bits per heavy atom. The highest BCUT2D eigenvalue weighted by molar-refractivity contribution is 9.10. The highest BCUT2D eigenvalue weighted by Crippen LogP contribution is 2.27. The van der Waals surface area contributed by atoms with E-state index in [-0.39, 0.29) is 5.54 Å². The number of hydrogen-bond acceptors (Lipinski definition) is 2. The lowest BCUT2D eigenvalue weighted by Gasteiger charge is -2.31. The molecule has 0 saturated heterocycles. The summed E-state index contributed by atoms with van der Waals surface area (Å²) in [5.74, 6) is 0. The fourth-order valence-corrected chi connectivity index (χ4v) is 2.56. The summed E-state index contributed by atoms with van der Waals surface area (Å²) in [6, 6.07) is 16.2. The Hall–Kier alpha value is -1.03. The minimum atomic E-state index is -0.210. The van der Waals surface area contributed by atoms with Crippen molar-refractivity contribution in [2.24, 2.45) is 5.73 Å². The molecule has 1 unspecified atom stereocenters. The zero-order valence-electron chi connectivity index (χ0n) is 11.4. The molecule has 2 rings (SSSR count). The molecule has 3 N–H and O–H groups in total. The van der Waals surface area contributed by atoms with Gasteiger partial charge in [0.25, 0.3) is 0 Å². The van der Waals surface area contributed by atoms with Crippen molar-refractivity contribution in [1.82, 2.24) is 0 Å². The van der Waals surface area contributed by atoms with E-state index in [1.807, 2.05) is 36.4 Å². The van der Waals surface area contributed by atoms with Crippen LogP contribution in [0.1, 0.15) is 12.5 Å². The highest BCUT2D eigenvalue weighted by atomic mass is 79.9. The monoisotopic (exact) mass is 352 g/mol. The molecule has 0 aliphatic rings. The first-order chi connectivity index (χ1) is 9.52. The molecule has 2 aromatic carbocycles. The van der Waals surface area contributed by atoms with Crippen LogP contribution in [0.2, 0.25) is 5.02 Å². The van der Waals surface area contributed by atoms with Crippen LogP contribution in [0.5, 0.6) is 0 Å². The third kappa shape index (κ3) is 3.98. The van der Waals surface area contributed by atoms with Crippen LogP contribution in [0, 0.1) is 0 Å². The highest BCUT2D eigenvalue weighted by Gasteiger charge is 2.22. The normalized spacial score (nSPS) is 13.8. The first-order valence-corrected chi connectivity index (χ1v) is 7.67. The predicted molar refractivity (Wildman–Crippen MR) is 90.4 cm³/mol. The maximum Gasteiger partial charge on any atom is 0.0568 e. The van der Waals surface area contributed by atoms with Gasteiger partial charge in [0.15, 0.2) is 0 Å². The second kappa shape index (κ2) is 6.61. The number of nitrogens with two attached hydrogens (primary N) is 1. The van der Waals surface area contributed by atoms with Crippen LogP contribution >= 0.6 is 27.5 Å². The van der Waals surface area contributed by atoms with Gasteiger partial charge in [-0.05, 0) is 53.0 Å². The second-order valence-electron chi connectivity index (χ2n) is 5.18. The van der Waals surface area contributed by atoms with Crippen LogP contribution in [-0.4, -0.2) is 12.1 Å². The third-order valence-electron chi connectivity index (χ3n) is 3.25. The average Bonchev–Trinajstić information content (AvgIpc) is 2.44. The van der Waals surface area contributed by atoms with Crippen LogP contribution in [-0.2, 0) is 6.42 Å². The van der Waals surface area contributed by atoms with Crippen molar-refractivity contribution in [3.63, 3.8) is 0 Å². The van der Waals surface area contributed by atoms with Gasteiger partial charge in [0.1, 0.15) is 0 Å². The molecule has 0 aromatic heterocycles. The summed E-state index contributed by atoms with van der Waals surface area (Å²) < 4.78 is 0.891. The molecule has 0 heterocycles. The van der Waals surface area contributed by atoms with Gasteiger partial charge in [-0.25, -0.2) is 0 Å². The number of halogens is 2. The summed E-state index contributed by atoms with van der Waals surface area (Å²) in [4.78, 5) is 0. The second-order valence-corrected chi connectivity index (χ2v) is 6.44. The molecule has 106 valence electrons. The average molecular weight is 354 g/mol. The van der Waals surface area contributed by atoms with Gasteiger partial charge in [0, 0.05) is 16.7 Å². The smallest absolute Gasteiger partial charge is 0.0568 e. The van der Waals surface area contributed by atoms with E-state index in [4.69, 9.17) is 17.3 Å². The van der Waals surface area contributed by atoms with Crippen molar-refractivity contribution in [1.29, 1.82) is 0 Å². The molecule has 0 amide bonds. The van der Waals surface area contributed by atoms with E-state index < -0.39 is 0 Å². The first-order valence-electron chi connectivity index (χ1n) is 6.50. The van der Waals surface area contributed by atoms with Gasteiger partial charge in [-0.2, -0.15) is 0 Å². The SMILES string of the molecule is CC(CN)(Cc1ccccc1)Nc1ccc(Br)c(Cl)c1. The number of anilines is 1. The van der Waals surface area contributed by atoms with Gasteiger partial charge >= 0.3 is 0 Å². The summed E-state index contributed by atoms with van der Waals surface area (Å²) in [5, 5.41) is 4.18. The number of benzene rings is 2. The minimum absolute atomic E-state index is 0.210. The molecule has 1 atom stereocenters. The van der Waals surface area contributed by atoms with Gasteiger partial charge < -0.3 is 11.1 Å². The summed E-state index contributed by atoms with van der Waals surface area (Å²) in [6.07, 6.45) is 0.859. The van der Waals surface area contributed by atoms with E-state index in [1.54, 1.807) is 0 Å². The summed E-state index contributed by atoms with van der Waals surface area (Å²) in [5.41, 5.74) is 7.99. The Labute approximate surface area is 133 Å². The van der Waals surface area contributed by atoms with Gasteiger partial charge in [-0.15, -0.1) is 0 Å². The van der Waals surface area contributed by atoms with Crippen LogP contribution in [0.4, 0.5) is 5.69 Å². The lowest BCUT2D eigenvalue weighted by atomic mass is 9.92. The minimum Gasteiger partial charge on any atom is -0.378 e. The Balaban J connectivity index is 2.16. The molecule has 0 aliphatic heterocycles. The van der Waals surface area contributed by atoms with Crippen molar-refractivity contribution in [2.45, 2.75) is 18.9 Å². The molecule has 0 fully saturated rings. The van der Waals surface area contributed by atoms with Crippen LogP contribution in [0.25, 0.3) is 0 Å². The molecular formula is C16H18BrClN2. The van der Waals surface area contributed by atoms with Crippen LogP contribution in [0.3, 0.4) is 0 Å². The number of hydrogen-bond donors (Lipinski definition) is 2. The standard InChI is InChI=1S/C16H18BrClN2/c1-16(11-19,10-12-5-3-2-4-6-12)20-13-7-8-14(17)15(18)9-13/h2-9,20H,10-11,19H2,1H3. The van der Waals surface area contributed by atoms with Crippen molar-refractivity contribution in [3.05, 3.63) is 63.6 Å². The number of nitrogens with one attached hydrogen (secondary N) is 1.